The number of aliphatic hydroxyl groups is 1. The zero-order valence-electron chi connectivity index (χ0n) is 9.61. The molecule has 0 radical (unpaired) electrons. The summed E-state index contributed by atoms with van der Waals surface area (Å²) in [5.41, 5.74) is 0.118. The van der Waals surface area contributed by atoms with Gasteiger partial charge < -0.3 is 10.0 Å². The average molecular weight is 274 g/mol. The van der Waals surface area contributed by atoms with Crippen LogP contribution in [0.1, 0.15) is 16.9 Å². The highest BCUT2D eigenvalue weighted by Crippen LogP contribution is 2.19. The van der Waals surface area contributed by atoms with Crippen molar-refractivity contribution in [2.75, 3.05) is 24.7 Å². The first kappa shape index (κ1) is 13.0. The molecule has 2 rings (SSSR count). The van der Waals surface area contributed by atoms with Gasteiger partial charge in [-0.25, -0.2) is 8.42 Å². The van der Waals surface area contributed by atoms with Crippen molar-refractivity contribution in [3.63, 3.8) is 0 Å². The number of hydrogen-bond donors (Lipinski definition) is 2. The molecule has 18 heavy (non-hydrogen) atoms. The minimum Gasteiger partial charge on any atom is -0.395 e. The Bertz CT molecular complexity index is 513. The van der Waals surface area contributed by atoms with Crippen molar-refractivity contribution in [3.8, 4) is 0 Å². The fourth-order valence-corrected chi connectivity index (χ4v) is 3.76. The summed E-state index contributed by atoms with van der Waals surface area (Å²) in [6, 6.07) is -0.397. The van der Waals surface area contributed by atoms with Crippen LogP contribution in [0.15, 0.2) is 6.20 Å². The smallest absolute Gasteiger partial charge is 0.276 e. The number of aromatic amines is 1. The zero-order chi connectivity index (χ0) is 13.2. The van der Waals surface area contributed by atoms with E-state index >= 15 is 0 Å². The molecule has 1 aliphatic rings. The number of carbonyl (C=O) groups is 1. The van der Waals surface area contributed by atoms with Gasteiger partial charge in [0.15, 0.2) is 15.5 Å². The SMILES string of the molecule is O=C(c1cn[nH]n1)N(CCO)C1CCS(=O)(=O)C1. The van der Waals surface area contributed by atoms with E-state index in [4.69, 9.17) is 5.11 Å². The van der Waals surface area contributed by atoms with Gasteiger partial charge in [0.25, 0.3) is 5.91 Å². The van der Waals surface area contributed by atoms with Crippen molar-refractivity contribution < 1.29 is 18.3 Å². The summed E-state index contributed by atoms with van der Waals surface area (Å²) in [5.74, 6) is -0.401. The molecule has 2 N–H and O–H groups in total. The number of aromatic nitrogens is 3. The van der Waals surface area contributed by atoms with Gasteiger partial charge >= 0.3 is 0 Å². The van der Waals surface area contributed by atoms with E-state index in [0.717, 1.165) is 0 Å². The number of nitrogens with zero attached hydrogens (tertiary/aromatic N) is 3. The number of sulfone groups is 1. The molecule has 1 fully saturated rings. The lowest BCUT2D eigenvalue weighted by molar-refractivity contribution is 0.0649. The molecule has 1 amide bonds. The van der Waals surface area contributed by atoms with Crippen LogP contribution in [0.5, 0.6) is 0 Å². The van der Waals surface area contributed by atoms with Crippen molar-refractivity contribution >= 4 is 15.7 Å². The number of carbonyl (C=O) groups excluding carboxylic acids is 1. The normalized spacial score (nSPS) is 21.9. The second-order valence-electron chi connectivity index (χ2n) is 4.13. The lowest BCUT2D eigenvalue weighted by Crippen LogP contribution is -2.43. The Hall–Kier alpha value is -1.48. The van der Waals surface area contributed by atoms with Gasteiger partial charge in [-0.3, -0.25) is 4.79 Å². The molecule has 1 aromatic heterocycles. The topological polar surface area (TPSA) is 116 Å². The number of amides is 1. The molecule has 100 valence electrons. The van der Waals surface area contributed by atoms with E-state index in [-0.39, 0.29) is 30.4 Å². The number of hydrogen-bond acceptors (Lipinski definition) is 6. The van der Waals surface area contributed by atoms with Crippen molar-refractivity contribution in [2.24, 2.45) is 0 Å². The Morgan fingerprint density at radius 2 is 2.39 bits per heavy atom. The monoisotopic (exact) mass is 274 g/mol. The van der Waals surface area contributed by atoms with E-state index < -0.39 is 21.8 Å². The maximum Gasteiger partial charge on any atom is 0.276 e. The van der Waals surface area contributed by atoms with E-state index in [0.29, 0.717) is 6.42 Å². The quantitative estimate of drug-likeness (QED) is 0.685. The van der Waals surface area contributed by atoms with Crippen molar-refractivity contribution in [3.05, 3.63) is 11.9 Å². The third kappa shape index (κ3) is 2.67. The number of aliphatic hydroxyl groups excluding tert-OH is 1. The van der Waals surface area contributed by atoms with Crippen LogP contribution < -0.4 is 0 Å². The Morgan fingerprint density at radius 1 is 1.61 bits per heavy atom. The van der Waals surface area contributed by atoms with Crippen LogP contribution in [0.4, 0.5) is 0 Å². The van der Waals surface area contributed by atoms with E-state index in [1.54, 1.807) is 0 Å². The first-order valence-electron chi connectivity index (χ1n) is 5.51. The zero-order valence-corrected chi connectivity index (χ0v) is 10.4. The second-order valence-corrected chi connectivity index (χ2v) is 6.36. The molecule has 8 nitrogen and oxygen atoms in total. The summed E-state index contributed by atoms with van der Waals surface area (Å²) in [6.45, 7) is -0.133. The predicted molar refractivity (Wildman–Crippen MR) is 61.6 cm³/mol. The molecule has 1 atom stereocenters. The molecule has 1 aromatic rings. The van der Waals surface area contributed by atoms with Gasteiger partial charge in [0, 0.05) is 12.6 Å². The molecular formula is C9H14N4O4S. The van der Waals surface area contributed by atoms with Gasteiger partial charge in [-0.15, -0.1) is 0 Å². The molecule has 1 unspecified atom stereocenters. The van der Waals surface area contributed by atoms with E-state index in [1.165, 1.54) is 11.1 Å². The van der Waals surface area contributed by atoms with Crippen molar-refractivity contribution in [2.45, 2.75) is 12.5 Å². The molecule has 0 aliphatic carbocycles. The van der Waals surface area contributed by atoms with Gasteiger partial charge in [-0.2, -0.15) is 15.4 Å². The fraction of sp³-hybridized carbons (Fsp3) is 0.667. The summed E-state index contributed by atoms with van der Waals surface area (Å²) in [7, 11) is -3.08. The van der Waals surface area contributed by atoms with Crippen molar-refractivity contribution in [1.82, 2.24) is 20.3 Å². The van der Waals surface area contributed by atoms with Crippen LogP contribution in [0, 0.1) is 0 Å². The second kappa shape index (κ2) is 5.02. The molecule has 9 heteroatoms. The van der Waals surface area contributed by atoms with Gasteiger partial charge in [-0.05, 0) is 6.42 Å². The first-order valence-corrected chi connectivity index (χ1v) is 7.33. The summed E-state index contributed by atoms with van der Waals surface area (Å²) < 4.78 is 22.8. The van der Waals surface area contributed by atoms with Gasteiger partial charge in [0.1, 0.15) is 0 Å². The highest BCUT2D eigenvalue weighted by atomic mass is 32.2. The molecule has 1 aliphatic heterocycles. The first-order chi connectivity index (χ1) is 8.53. The van der Waals surface area contributed by atoms with Gasteiger partial charge in [0.2, 0.25) is 0 Å². The third-order valence-corrected chi connectivity index (χ3v) is 4.64. The van der Waals surface area contributed by atoms with Crippen molar-refractivity contribution in [1.29, 1.82) is 0 Å². The van der Waals surface area contributed by atoms with Crippen LogP contribution >= 0.6 is 0 Å². The lowest BCUT2D eigenvalue weighted by Gasteiger charge is -2.26. The summed E-state index contributed by atoms with van der Waals surface area (Å²) in [5, 5.41) is 18.5. The predicted octanol–water partition coefficient (Wildman–Crippen LogP) is -1.57. The Labute approximate surface area is 104 Å². The van der Waals surface area contributed by atoms with E-state index in [1.807, 2.05) is 0 Å². The largest absolute Gasteiger partial charge is 0.395 e. The van der Waals surface area contributed by atoms with Crippen LogP contribution in [0.2, 0.25) is 0 Å². The molecule has 0 aromatic carbocycles. The Kier molecular flexibility index (Phi) is 3.62. The molecule has 0 bridgehead atoms. The fourth-order valence-electron chi connectivity index (χ4n) is 2.03. The van der Waals surface area contributed by atoms with Crippen LogP contribution in [0.3, 0.4) is 0 Å². The van der Waals surface area contributed by atoms with Gasteiger partial charge in [-0.1, -0.05) is 0 Å². The molecule has 0 saturated carbocycles. The maximum absolute atomic E-state index is 12.1. The molecule has 1 saturated heterocycles. The highest BCUT2D eigenvalue weighted by Gasteiger charge is 2.35. The maximum atomic E-state index is 12.1. The number of rotatable bonds is 4. The highest BCUT2D eigenvalue weighted by molar-refractivity contribution is 7.91. The minimum absolute atomic E-state index is 0.0589. The van der Waals surface area contributed by atoms with Crippen LogP contribution in [-0.4, -0.2) is 70.4 Å². The minimum atomic E-state index is -3.08. The van der Waals surface area contributed by atoms with E-state index in [2.05, 4.69) is 15.4 Å². The molecule has 2 heterocycles. The third-order valence-electron chi connectivity index (χ3n) is 2.89. The molecular weight excluding hydrogens is 260 g/mol. The Balaban J connectivity index is 2.16. The van der Waals surface area contributed by atoms with Gasteiger partial charge in [0.05, 0.1) is 24.3 Å². The lowest BCUT2D eigenvalue weighted by atomic mass is 10.2. The van der Waals surface area contributed by atoms with E-state index in [9.17, 15) is 13.2 Å². The molecule has 0 spiro atoms. The summed E-state index contributed by atoms with van der Waals surface area (Å²) in [6.07, 6.45) is 1.67. The summed E-state index contributed by atoms with van der Waals surface area (Å²) >= 11 is 0. The standard InChI is InChI=1S/C9H14N4O4S/c14-3-2-13(7-1-4-18(16,17)6-7)9(15)8-5-10-12-11-8/h5,7,14H,1-4,6H2,(H,10,11,12). The van der Waals surface area contributed by atoms with Crippen LogP contribution in [0.25, 0.3) is 0 Å². The number of nitrogens with one attached hydrogen (secondary N) is 1. The summed E-state index contributed by atoms with van der Waals surface area (Å²) in [4.78, 5) is 13.4. The number of H-pyrrole nitrogens is 1. The Morgan fingerprint density at radius 3 is 2.89 bits per heavy atom. The average Bonchev–Trinajstić information content (AvgIpc) is 2.94. The van der Waals surface area contributed by atoms with Crippen LogP contribution in [-0.2, 0) is 9.84 Å².